The number of aromatic amines is 1. The van der Waals surface area contributed by atoms with Crippen molar-refractivity contribution in [3.8, 4) is 10.8 Å². The predicted molar refractivity (Wildman–Crippen MR) is 71.2 cm³/mol. The minimum atomic E-state index is 0.864. The smallest absolute Gasteiger partial charge is 0.167 e. The molecule has 2 heterocycles. The van der Waals surface area contributed by atoms with Gasteiger partial charge < -0.3 is 4.98 Å². The fourth-order valence-corrected chi connectivity index (χ4v) is 2.52. The zero-order chi connectivity index (χ0) is 11.7. The van der Waals surface area contributed by atoms with Gasteiger partial charge >= 0.3 is 0 Å². The van der Waals surface area contributed by atoms with E-state index in [4.69, 9.17) is 0 Å². The van der Waals surface area contributed by atoms with Gasteiger partial charge in [-0.15, -0.1) is 11.3 Å². The predicted octanol–water partition coefficient (Wildman–Crippen LogP) is 3.64. The zero-order valence-electron chi connectivity index (χ0n) is 9.60. The van der Waals surface area contributed by atoms with Gasteiger partial charge in [-0.3, -0.25) is 0 Å². The van der Waals surface area contributed by atoms with Gasteiger partial charge in [0.1, 0.15) is 0 Å². The third kappa shape index (κ3) is 1.96. The summed E-state index contributed by atoms with van der Waals surface area (Å²) in [5.74, 6) is 0.864. The van der Waals surface area contributed by atoms with Crippen LogP contribution in [0.25, 0.3) is 21.9 Å². The van der Waals surface area contributed by atoms with E-state index >= 15 is 0 Å². The quantitative estimate of drug-likeness (QED) is 0.763. The molecule has 3 rings (SSSR count). The lowest BCUT2D eigenvalue weighted by molar-refractivity contribution is 0.923. The molecule has 86 valence electrons. The zero-order valence-corrected chi connectivity index (χ0v) is 10.4. The van der Waals surface area contributed by atoms with E-state index in [1.807, 2.05) is 5.38 Å². The Balaban J connectivity index is 2.07. The topological polar surface area (TPSA) is 41.6 Å². The summed E-state index contributed by atoms with van der Waals surface area (Å²) in [6.45, 7) is 2.19. The van der Waals surface area contributed by atoms with Crippen molar-refractivity contribution in [3.63, 3.8) is 0 Å². The van der Waals surface area contributed by atoms with Gasteiger partial charge in [-0.05, 0) is 24.1 Å². The normalized spacial score (nSPS) is 11.1. The van der Waals surface area contributed by atoms with Crippen LogP contribution < -0.4 is 0 Å². The number of rotatable bonds is 3. The average Bonchev–Trinajstić information content (AvgIpc) is 2.97. The van der Waals surface area contributed by atoms with Crippen molar-refractivity contribution in [3.05, 3.63) is 35.3 Å². The molecular formula is C13H13N3S. The van der Waals surface area contributed by atoms with Crippen molar-refractivity contribution in [1.29, 1.82) is 0 Å². The highest BCUT2D eigenvalue weighted by atomic mass is 32.1. The highest BCUT2D eigenvalue weighted by molar-refractivity contribution is 7.13. The van der Waals surface area contributed by atoms with Gasteiger partial charge in [0.2, 0.25) is 0 Å². The molecule has 0 radical (unpaired) electrons. The van der Waals surface area contributed by atoms with Crippen LogP contribution in [0, 0.1) is 0 Å². The first-order valence-electron chi connectivity index (χ1n) is 5.75. The van der Waals surface area contributed by atoms with E-state index in [0.29, 0.717) is 0 Å². The molecule has 1 aromatic carbocycles. The molecule has 0 spiro atoms. The summed E-state index contributed by atoms with van der Waals surface area (Å²) in [5.41, 5.74) is 3.46. The highest BCUT2D eigenvalue weighted by Gasteiger charge is 2.07. The molecule has 4 heteroatoms. The van der Waals surface area contributed by atoms with Crippen molar-refractivity contribution in [2.24, 2.45) is 0 Å². The Hall–Kier alpha value is -1.68. The van der Waals surface area contributed by atoms with E-state index in [9.17, 15) is 0 Å². The number of fused-ring (bicyclic) bond motifs is 1. The van der Waals surface area contributed by atoms with Crippen LogP contribution in [0.4, 0.5) is 0 Å². The molecular weight excluding hydrogens is 230 g/mol. The number of hydrogen-bond donors (Lipinski definition) is 1. The van der Waals surface area contributed by atoms with E-state index < -0.39 is 0 Å². The number of thiazole rings is 1. The van der Waals surface area contributed by atoms with Gasteiger partial charge in [-0.1, -0.05) is 19.4 Å². The SMILES string of the molecule is CCCc1ccc2nc(-c3nccs3)[nH]c2c1. The van der Waals surface area contributed by atoms with Crippen molar-refractivity contribution in [2.45, 2.75) is 19.8 Å². The first kappa shape index (κ1) is 10.5. The second-order valence-corrected chi connectivity index (χ2v) is 4.92. The van der Waals surface area contributed by atoms with Gasteiger partial charge in [0.05, 0.1) is 11.0 Å². The van der Waals surface area contributed by atoms with Crippen molar-refractivity contribution >= 4 is 22.4 Å². The van der Waals surface area contributed by atoms with Crippen LogP contribution in [0.5, 0.6) is 0 Å². The number of nitrogens with one attached hydrogen (secondary N) is 1. The third-order valence-electron chi connectivity index (χ3n) is 2.72. The number of nitrogens with zero attached hydrogens (tertiary/aromatic N) is 2. The van der Waals surface area contributed by atoms with E-state index in [1.165, 1.54) is 12.0 Å². The minimum Gasteiger partial charge on any atom is -0.336 e. The lowest BCUT2D eigenvalue weighted by Crippen LogP contribution is -1.82. The van der Waals surface area contributed by atoms with Crippen molar-refractivity contribution < 1.29 is 0 Å². The monoisotopic (exact) mass is 243 g/mol. The van der Waals surface area contributed by atoms with Crippen LogP contribution in [0.1, 0.15) is 18.9 Å². The number of benzene rings is 1. The van der Waals surface area contributed by atoms with Crippen LogP contribution in [0.3, 0.4) is 0 Å². The highest BCUT2D eigenvalue weighted by Crippen LogP contribution is 2.23. The molecule has 17 heavy (non-hydrogen) atoms. The Bertz CT molecular complexity index is 625. The number of hydrogen-bond acceptors (Lipinski definition) is 3. The lowest BCUT2D eigenvalue weighted by Gasteiger charge is -1.96. The van der Waals surface area contributed by atoms with Gasteiger partial charge in [0.15, 0.2) is 10.8 Å². The average molecular weight is 243 g/mol. The van der Waals surface area contributed by atoms with Crippen LogP contribution in [-0.4, -0.2) is 15.0 Å². The standard InChI is InChI=1S/C13H13N3S/c1-2-3-9-4-5-10-11(8-9)16-12(15-10)13-14-6-7-17-13/h4-8H,2-3H2,1H3,(H,15,16). The number of aromatic nitrogens is 3. The van der Waals surface area contributed by atoms with E-state index in [-0.39, 0.29) is 0 Å². The molecule has 0 bridgehead atoms. The second kappa shape index (κ2) is 4.30. The van der Waals surface area contributed by atoms with Crippen LogP contribution in [-0.2, 0) is 6.42 Å². The summed E-state index contributed by atoms with van der Waals surface area (Å²) in [6.07, 6.45) is 4.08. The lowest BCUT2D eigenvalue weighted by atomic mass is 10.1. The maximum Gasteiger partial charge on any atom is 0.167 e. The molecule has 3 aromatic rings. The van der Waals surface area contributed by atoms with Gasteiger partial charge in [0.25, 0.3) is 0 Å². The third-order valence-corrected chi connectivity index (χ3v) is 3.50. The Kier molecular flexibility index (Phi) is 2.65. The summed E-state index contributed by atoms with van der Waals surface area (Å²) in [4.78, 5) is 12.1. The first-order chi connectivity index (χ1) is 8.36. The van der Waals surface area contributed by atoms with Crippen LogP contribution in [0.2, 0.25) is 0 Å². The number of H-pyrrole nitrogens is 1. The fourth-order valence-electron chi connectivity index (χ4n) is 1.94. The maximum atomic E-state index is 4.55. The molecule has 0 atom stereocenters. The molecule has 0 saturated heterocycles. The molecule has 0 aliphatic heterocycles. The molecule has 0 unspecified atom stereocenters. The maximum absolute atomic E-state index is 4.55. The van der Waals surface area contributed by atoms with Gasteiger partial charge in [0, 0.05) is 11.6 Å². The summed E-state index contributed by atoms with van der Waals surface area (Å²) < 4.78 is 0. The summed E-state index contributed by atoms with van der Waals surface area (Å²) in [5, 5.41) is 2.91. The van der Waals surface area contributed by atoms with Crippen LogP contribution >= 0.6 is 11.3 Å². The summed E-state index contributed by atoms with van der Waals surface area (Å²) in [6, 6.07) is 6.41. The Labute approximate surface area is 104 Å². The summed E-state index contributed by atoms with van der Waals surface area (Å²) >= 11 is 1.60. The fraction of sp³-hybridized carbons (Fsp3) is 0.231. The molecule has 0 aliphatic rings. The van der Waals surface area contributed by atoms with E-state index in [0.717, 1.165) is 28.3 Å². The molecule has 0 fully saturated rings. The second-order valence-electron chi connectivity index (χ2n) is 4.02. The Morgan fingerprint density at radius 2 is 2.29 bits per heavy atom. The molecule has 2 aromatic heterocycles. The van der Waals surface area contributed by atoms with Gasteiger partial charge in [-0.25, -0.2) is 9.97 Å². The van der Waals surface area contributed by atoms with Crippen molar-refractivity contribution in [1.82, 2.24) is 15.0 Å². The number of aryl methyl sites for hydroxylation is 1. The van der Waals surface area contributed by atoms with Crippen LogP contribution in [0.15, 0.2) is 29.8 Å². The van der Waals surface area contributed by atoms with Gasteiger partial charge in [-0.2, -0.15) is 0 Å². The first-order valence-corrected chi connectivity index (χ1v) is 6.63. The van der Waals surface area contributed by atoms with Crippen molar-refractivity contribution in [2.75, 3.05) is 0 Å². The van der Waals surface area contributed by atoms with E-state index in [1.54, 1.807) is 17.5 Å². The minimum absolute atomic E-state index is 0.864. The van der Waals surface area contributed by atoms with E-state index in [2.05, 4.69) is 40.1 Å². The largest absolute Gasteiger partial charge is 0.336 e. The molecule has 1 N–H and O–H groups in total. The molecule has 3 nitrogen and oxygen atoms in total. The number of imidazole rings is 1. The Morgan fingerprint density at radius 3 is 3.06 bits per heavy atom. The molecule has 0 aliphatic carbocycles. The molecule has 0 saturated carbocycles. The molecule has 0 amide bonds. The summed E-state index contributed by atoms with van der Waals surface area (Å²) in [7, 11) is 0. The Morgan fingerprint density at radius 1 is 1.35 bits per heavy atom.